The van der Waals surface area contributed by atoms with E-state index in [2.05, 4.69) is 10.3 Å². The minimum absolute atomic E-state index is 0.166. The molecule has 2 N–H and O–H groups in total. The molecule has 2 aromatic rings. The molecule has 0 spiro atoms. The molecule has 0 bridgehead atoms. The maximum atomic E-state index is 12.1. The van der Waals surface area contributed by atoms with Crippen LogP contribution in [0.5, 0.6) is 0 Å². The number of hydrogen-bond acceptors (Lipinski definition) is 5. The quantitative estimate of drug-likeness (QED) is 0.886. The first-order valence-electron chi connectivity index (χ1n) is 7.63. The van der Waals surface area contributed by atoms with Crippen LogP contribution in [0.4, 0.5) is 0 Å². The summed E-state index contributed by atoms with van der Waals surface area (Å²) in [6, 6.07) is 7.70. The van der Waals surface area contributed by atoms with Crippen LogP contribution in [0, 0.1) is 5.92 Å². The minimum atomic E-state index is -0.375. The standard InChI is InChI=1S/C16H20N2O3S/c19-13(11-6-9-21-10-7-11)5-8-17-15(20)16-18-12-3-1-2-4-14(12)22-16/h1-4,11,13,19H,5-10H2,(H,17,20)/t13-/m0/s1. The Labute approximate surface area is 133 Å². The molecule has 1 amide bonds. The first-order chi connectivity index (χ1) is 10.7. The molecule has 6 heteroatoms. The van der Waals surface area contributed by atoms with Gasteiger partial charge in [-0.2, -0.15) is 0 Å². The van der Waals surface area contributed by atoms with Gasteiger partial charge >= 0.3 is 0 Å². The molecule has 1 atom stereocenters. The lowest BCUT2D eigenvalue weighted by molar-refractivity contribution is 0.00528. The summed E-state index contributed by atoms with van der Waals surface area (Å²) in [6.07, 6.45) is 1.99. The maximum absolute atomic E-state index is 12.1. The normalized spacial score (nSPS) is 17.5. The van der Waals surface area contributed by atoms with Gasteiger partial charge in [0.1, 0.15) is 0 Å². The summed E-state index contributed by atoms with van der Waals surface area (Å²) < 4.78 is 6.30. The van der Waals surface area contributed by atoms with Crippen LogP contribution in [0.3, 0.4) is 0 Å². The topological polar surface area (TPSA) is 71.5 Å². The Hall–Kier alpha value is -1.50. The van der Waals surface area contributed by atoms with E-state index in [-0.39, 0.29) is 17.9 Å². The number of fused-ring (bicyclic) bond motifs is 1. The highest BCUT2D eigenvalue weighted by molar-refractivity contribution is 7.20. The van der Waals surface area contributed by atoms with Crippen molar-refractivity contribution in [3.63, 3.8) is 0 Å². The number of amides is 1. The maximum Gasteiger partial charge on any atom is 0.280 e. The van der Waals surface area contributed by atoms with Crippen LogP contribution in [-0.2, 0) is 4.74 Å². The van der Waals surface area contributed by atoms with Crippen LogP contribution in [0.25, 0.3) is 10.2 Å². The largest absolute Gasteiger partial charge is 0.393 e. The average Bonchev–Trinajstić information content (AvgIpc) is 2.99. The van der Waals surface area contributed by atoms with Gasteiger partial charge in [0.05, 0.1) is 16.3 Å². The summed E-state index contributed by atoms with van der Waals surface area (Å²) in [6.45, 7) is 1.91. The highest BCUT2D eigenvalue weighted by Gasteiger charge is 2.22. The summed E-state index contributed by atoms with van der Waals surface area (Å²) in [7, 11) is 0. The van der Waals surface area contributed by atoms with E-state index in [1.807, 2.05) is 24.3 Å². The van der Waals surface area contributed by atoms with Crippen LogP contribution in [0.15, 0.2) is 24.3 Å². The van der Waals surface area contributed by atoms with Gasteiger partial charge in [0.15, 0.2) is 5.01 Å². The second-order valence-electron chi connectivity index (χ2n) is 5.55. The van der Waals surface area contributed by atoms with Crippen molar-refractivity contribution in [3.05, 3.63) is 29.3 Å². The van der Waals surface area contributed by atoms with Crippen molar-refractivity contribution in [2.45, 2.75) is 25.4 Å². The molecule has 1 aliphatic heterocycles. The predicted molar refractivity (Wildman–Crippen MR) is 86.1 cm³/mol. The van der Waals surface area contributed by atoms with Gasteiger partial charge in [-0.1, -0.05) is 12.1 Å². The summed E-state index contributed by atoms with van der Waals surface area (Å²) in [5.74, 6) is 0.119. The van der Waals surface area contributed by atoms with E-state index in [1.54, 1.807) is 0 Å². The molecule has 1 aromatic heterocycles. The molecule has 1 aliphatic rings. The fraction of sp³-hybridized carbons (Fsp3) is 0.500. The number of carbonyl (C=O) groups excluding carboxylic acids is 1. The third-order valence-corrected chi connectivity index (χ3v) is 5.06. The van der Waals surface area contributed by atoms with Gasteiger partial charge in [0.2, 0.25) is 0 Å². The molecule has 2 heterocycles. The second kappa shape index (κ2) is 7.17. The van der Waals surface area contributed by atoms with E-state index in [4.69, 9.17) is 4.74 Å². The second-order valence-corrected chi connectivity index (χ2v) is 6.58. The number of rotatable bonds is 5. The van der Waals surface area contributed by atoms with Crippen LogP contribution in [0.1, 0.15) is 29.1 Å². The van der Waals surface area contributed by atoms with Gasteiger partial charge in [-0.3, -0.25) is 4.79 Å². The molecule has 1 aromatic carbocycles. The number of nitrogens with one attached hydrogen (secondary N) is 1. The Morgan fingerprint density at radius 1 is 1.41 bits per heavy atom. The highest BCUT2D eigenvalue weighted by Crippen LogP contribution is 2.22. The summed E-state index contributed by atoms with van der Waals surface area (Å²) in [5, 5.41) is 13.5. The number of hydrogen-bond donors (Lipinski definition) is 2. The van der Waals surface area contributed by atoms with Gasteiger partial charge in [0.25, 0.3) is 5.91 Å². The van der Waals surface area contributed by atoms with Crippen LogP contribution in [-0.4, -0.2) is 41.9 Å². The molecule has 1 saturated heterocycles. The molecular weight excluding hydrogens is 300 g/mol. The van der Waals surface area contributed by atoms with E-state index in [9.17, 15) is 9.90 Å². The SMILES string of the molecule is O=C(NCC[C@H](O)C1CCOCC1)c1nc2ccccc2s1. The molecule has 0 aliphatic carbocycles. The number of ether oxygens (including phenoxy) is 1. The van der Waals surface area contributed by atoms with Crippen molar-refractivity contribution in [2.24, 2.45) is 5.92 Å². The number of aliphatic hydroxyl groups is 1. The van der Waals surface area contributed by atoms with E-state index < -0.39 is 0 Å². The Bertz CT molecular complexity index is 604. The van der Waals surface area contributed by atoms with E-state index in [0.717, 1.165) is 36.3 Å². The van der Waals surface area contributed by atoms with Crippen molar-refractivity contribution in [3.8, 4) is 0 Å². The molecule has 0 radical (unpaired) electrons. The van der Waals surface area contributed by atoms with E-state index >= 15 is 0 Å². The third-order valence-electron chi connectivity index (χ3n) is 4.02. The monoisotopic (exact) mass is 320 g/mol. The Morgan fingerprint density at radius 3 is 2.95 bits per heavy atom. The van der Waals surface area contributed by atoms with Gasteiger partial charge in [0, 0.05) is 19.8 Å². The number of aromatic nitrogens is 1. The van der Waals surface area contributed by atoms with Crippen LogP contribution >= 0.6 is 11.3 Å². The summed E-state index contributed by atoms with van der Waals surface area (Å²) >= 11 is 1.39. The van der Waals surface area contributed by atoms with E-state index in [1.165, 1.54) is 11.3 Å². The molecular formula is C16H20N2O3S. The lowest BCUT2D eigenvalue weighted by Crippen LogP contribution is -2.32. The average molecular weight is 320 g/mol. The summed E-state index contributed by atoms with van der Waals surface area (Å²) in [5.41, 5.74) is 0.847. The molecule has 0 saturated carbocycles. The number of benzene rings is 1. The first kappa shape index (κ1) is 15.4. The molecule has 0 unspecified atom stereocenters. The van der Waals surface area contributed by atoms with Gasteiger partial charge < -0.3 is 15.2 Å². The van der Waals surface area contributed by atoms with Crippen molar-refractivity contribution in [2.75, 3.05) is 19.8 Å². The molecule has 5 nitrogen and oxygen atoms in total. The third kappa shape index (κ3) is 3.63. The van der Waals surface area contributed by atoms with Gasteiger partial charge in [-0.05, 0) is 37.3 Å². The number of para-hydroxylation sites is 1. The van der Waals surface area contributed by atoms with Crippen LogP contribution in [0.2, 0.25) is 0 Å². The Morgan fingerprint density at radius 2 is 2.18 bits per heavy atom. The van der Waals surface area contributed by atoms with Crippen molar-refractivity contribution < 1.29 is 14.6 Å². The smallest absolute Gasteiger partial charge is 0.280 e. The zero-order chi connectivity index (χ0) is 15.4. The van der Waals surface area contributed by atoms with Crippen molar-refractivity contribution in [1.82, 2.24) is 10.3 Å². The molecule has 118 valence electrons. The number of thiazole rings is 1. The Kier molecular flexibility index (Phi) is 5.02. The zero-order valence-corrected chi connectivity index (χ0v) is 13.1. The predicted octanol–water partition coefficient (Wildman–Crippen LogP) is 2.20. The number of carbonyl (C=O) groups is 1. The van der Waals surface area contributed by atoms with Crippen molar-refractivity contribution >= 4 is 27.5 Å². The molecule has 1 fully saturated rings. The first-order valence-corrected chi connectivity index (χ1v) is 8.45. The molecule has 3 rings (SSSR count). The van der Waals surface area contributed by atoms with Crippen LogP contribution < -0.4 is 5.32 Å². The fourth-order valence-corrected chi connectivity index (χ4v) is 3.60. The Balaban J connectivity index is 1.49. The van der Waals surface area contributed by atoms with Crippen molar-refractivity contribution in [1.29, 1.82) is 0 Å². The lowest BCUT2D eigenvalue weighted by Gasteiger charge is -2.26. The van der Waals surface area contributed by atoms with E-state index in [0.29, 0.717) is 18.0 Å². The summed E-state index contributed by atoms with van der Waals surface area (Å²) in [4.78, 5) is 16.4. The molecule has 22 heavy (non-hydrogen) atoms. The van der Waals surface area contributed by atoms with Gasteiger partial charge in [-0.15, -0.1) is 11.3 Å². The highest BCUT2D eigenvalue weighted by atomic mass is 32.1. The lowest BCUT2D eigenvalue weighted by atomic mass is 9.92. The number of nitrogens with zero attached hydrogens (tertiary/aromatic N) is 1. The number of aliphatic hydroxyl groups excluding tert-OH is 1. The zero-order valence-electron chi connectivity index (χ0n) is 12.3. The van der Waals surface area contributed by atoms with Gasteiger partial charge in [-0.25, -0.2) is 4.98 Å². The minimum Gasteiger partial charge on any atom is -0.393 e. The fourth-order valence-electron chi connectivity index (χ4n) is 2.71.